The molecule has 35 heavy (non-hydrogen) atoms. The normalized spacial score (nSPS) is 10.7. The Labute approximate surface area is 203 Å². The molecule has 0 fully saturated rings. The van der Waals surface area contributed by atoms with Crippen LogP contribution >= 0.6 is 11.3 Å². The van der Waals surface area contributed by atoms with Gasteiger partial charge in [0.25, 0.3) is 5.91 Å². The summed E-state index contributed by atoms with van der Waals surface area (Å²) in [6.45, 7) is 1.34. The number of rotatable bonds is 10. The summed E-state index contributed by atoms with van der Waals surface area (Å²) in [5, 5.41) is 8.45. The second-order valence-corrected chi connectivity index (χ2v) is 8.02. The lowest BCUT2D eigenvalue weighted by atomic mass is 10.1. The van der Waals surface area contributed by atoms with E-state index in [2.05, 4.69) is 15.5 Å². The van der Waals surface area contributed by atoms with Gasteiger partial charge in [0.15, 0.2) is 6.61 Å². The van der Waals surface area contributed by atoms with Crippen molar-refractivity contribution in [2.24, 2.45) is 0 Å². The van der Waals surface area contributed by atoms with Crippen LogP contribution in [0.3, 0.4) is 0 Å². The Morgan fingerprint density at radius 2 is 1.91 bits per heavy atom. The molecule has 1 aromatic carbocycles. The predicted octanol–water partition coefficient (Wildman–Crippen LogP) is 4.35. The van der Waals surface area contributed by atoms with Crippen molar-refractivity contribution in [1.82, 2.24) is 10.1 Å². The Hall–Kier alpha value is -4.25. The molecular formula is C24H21N3O7S. The van der Waals surface area contributed by atoms with Crippen LogP contribution < -0.4 is 5.32 Å². The van der Waals surface area contributed by atoms with Crippen molar-refractivity contribution in [2.75, 3.05) is 18.5 Å². The zero-order valence-electron chi connectivity index (χ0n) is 18.7. The Balaban J connectivity index is 1.30. The van der Waals surface area contributed by atoms with Crippen LogP contribution in [-0.2, 0) is 25.5 Å². The van der Waals surface area contributed by atoms with E-state index in [9.17, 15) is 14.4 Å². The predicted molar refractivity (Wildman–Crippen MR) is 126 cm³/mol. The first-order valence-electron chi connectivity index (χ1n) is 10.7. The van der Waals surface area contributed by atoms with Crippen molar-refractivity contribution in [1.29, 1.82) is 0 Å². The minimum absolute atomic E-state index is 0.0422. The summed E-state index contributed by atoms with van der Waals surface area (Å²) in [7, 11) is 0. The zero-order chi connectivity index (χ0) is 24.6. The van der Waals surface area contributed by atoms with Gasteiger partial charge in [-0.2, -0.15) is 4.98 Å². The molecule has 0 aliphatic carbocycles. The minimum atomic E-state index is -0.604. The number of anilines is 1. The average molecular weight is 496 g/mol. The summed E-state index contributed by atoms with van der Waals surface area (Å²) in [6.07, 6.45) is 1.61. The second kappa shape index (κ2) is 11.3. The lowest BCUT2D eigenvalue weighted by Gasteiger charge is -2.08. The fourth-order valence-electron chi connectivity index (χ4n) is 3.12. The highest BCUT2D eigenvalue weighted by molar-refractivity contribution is 7.15. The largest absolute Gasteiger partial charge is 0.464 e. The van der Waals surface area contributed by atoms with Gasteiger partial charge in [-0.1, -0.05) is 35.5 Å². The van der Waals surface area contributed by atoms with E-state index in [0.717, 1.165) is 16.9 Å². The molecule has 180 valence electrons. The van der Waals surface area contributed by atoms with Crippen LogP contribution in [0.1, 0.15) is 29.6 Å². The van der Waals surface area contributed by atoms with Crippen LogP contribution in [0, 0.1) is 0 Å². The quantitative estimate of drug-likeness (QED) is 0.319. The van der Waals surface area contributed by atoms with Crippen molar-refractivity contribution in [3.63, 3.8) is 0 Å². The third-order valence-electron chi connectivity index (χ3n) is 4.72. The maximum Gasteiger partial charge on any atom is 0.341 e. The molecule has 0 saturated carbocycles. The first-order valence-corrected chi connectivity index (χ1v) is 11.6. The summed E-state index contributed by atoms with van der Waals surface area (Å²) < 4.78 is 20.7. The smallest absolute Gasteiger partial charge is 0.341 e. The van der Waals surface area contributed by atoms with Gasteiger partial charge in [0.1, 0.15) is 16.3 Å². The summed E-state index contributed by atoms with van der Waals surface area (Å²) in [6, 6.07) is 12.7. The molecule has 10 nitrogen and oxygen atoms in total. The van der Waals surface area contributed by atoms with Gasteiger partial charge in [-0.3, -0.25) is 9.59 Å². The highest BCUT2D eigenvalue weighted by Gasteiger charge is 2.24. The number of hydrogen-bond donors (Lipinski definition) is 1. The molecule has 0 atom stereocenters. The number of carbonyl (C=O) groups excluding carboxylic acids is 3. The molecule has 1 amide bonds. The number of hydrogen-bond acceptors (Lipinski definition) is 10. The zero-order valence-corrected chi connectivity index (χ0v) is 19.5. The number of nitrogens with one attached hydrogen (secondary N) is 1. The first-order chi connectivity index (χ1) is 17.0. The molecule has 11 heteroatoms. The van der Waals surface area contributed by atoms with E-state index in [1.54, 1.807) is 24.4 Å². The van der Waals surface area contributed by atoms with Crippen LogP contribution in [0.15, 0.2) is 63.0 Å². The van der Waals surface area contributed by atoms with Crippen LogP contribution in [0.25, 0.3) is 22.7 Å². The number of furan rings is 1. The number of ether oxygens (including phenoxy) is 2. The van der Waals surface area contributed by atoms with Gasteiger partial charge >= 0.3 is 11.9 Å². The Kier molecular flexibility index (Phi) is 7.68. The van der Waals surface area contributed by atoms with E-state index in [1.807, 2.05) is 30.3 Å². The van der Waals surface area contributed by atoms with Crippen molar-refractivity contribution in [3.05, 3.63) is 65.6 Å². The molecular weight excluding hydrogens is 474 g/mol. The molecule has 0 bridgehead atoms. The molecule has 0 aliphatic rings. The van der Waals surface area contributed by atoms with Gasteiger partial charge in [-0.25, -0.2) is 4.79 Å². The number of thiophene rings is 1. The van der Waals surface area contributed by atoms with Gasteiger partial charge in [-0.15, -0.1) is 11.3 Å². The average Bonchev–Trinajstić information content (AvgIpc) is 3.63. The summed E-state index contributed by atoms with van der Waals surface area (Å²) >= 11 is 1.14. The lowest BCUT2D eigenvalue weighted by molar-refractivity contribution is -0.147. The van der Waals surface area contributed by atoms with Crippen molar-refractivity contribution in [3.8, 4) is 22.7 Å². The molecule has 0 unspecified atom stereocenters. The van der Waals surface area contributed by atoms with Gasteiger partial charge in [0.05, 0.1) is 19.3 Å². The molecule has 4 aromatic rings. The Bertz CT molecular complexity index is 1300. The molecule has 0 saturated heterocycles. The van der Waals surface area contributed by atoms with Crippen LogP contribution in [0.5, 0.6) is 0 Å². The summed E-state index contributed by atoms with van der Waals surface area (Å²) in [4.78, 5) is 41.2. The number of benzene rings is 1. The van der Waals surface area contributed by atoms with Gasteiger partial charge in [0.2, 0.25) is 11.7 Å². The minimum Gasteiger partial charge on any atom is -0.464 e. The Morgan fingerprint density at radius 3 is 2.66 bits per heavy atom. The number of aryl methyl sites for hydroxylation is 1. The van der Waals surface area contributed by atoms with E-state index in [0.29, 0.717) is 17.1 Å². The third-order valence-corrected chi connectivity index (χ3v) is 5.61. The topological polar surface area (TPSA) is 134 Å². The van der Waals surface area contributed by atoms with Crippen LogP contribution in [-0.4, -0.2) is 41.2 Å². The molecule has 3 heterocycles. The fourth-order valence-corrected chi connectivity index (χ4v) is 4.07. The van der Waals surface area contributed by atoms with E-state index < -0.39 is 24.5 Å². The Morgan fingerprint density at radius 1 is 1.09 bits per heavy atom. The highest BCUT2D eigenvalue weighted by Crippen LogP contribution is 2.36. The molecule has 1 N–H and O–H groups in total. The summed E-state index contributed by atoms with van der Waals surface area (Å²) in [5.74, 6) is -0.618. The van der Waals surface area contributed by atoms with Crippen molar-refractivity contribution < 1.29 is 32.8 Å². The van der Waals surface area contributed by atoms with Gasteiger partial charge in [-0.05, 0) is 19.1 Å². The molecule has 4 rings (SSSR count). The van der Waals surface area contributed by atoms with E-state index in [1.165, 1.54) is 6.26 Å². The maximum absolute atomic E-state index is 12.5. The van der Waals surface area contributed by atoms with Crippen molar-refractivity contribution >= 4 is 34.2 Å². The SMILES string of the molecule is CCOC(=O)c1c(-c2ccco2)csc1NC(=O)COC(=O)CCc1nc(-c2ccccc2)no1. The monoisotopic (exact) mass is 495 g/mol. The molecule has 3 aromatic heterocycles. The first kappa shape index (κ1) is 23.9. The second-order valence-electron chi connectivity index (χ2n) is 7.14. The summed E-state index contributed by atoms with van der Waals surface area (Å²) in [5.41, 5.74) is 1.48. The number of aromatic nitrogens is 2. The van der Waals surface area contributed by atoms with E-state index in [4.69, 9.17) is 18.4 Å². The third kappa shape index (κ3) is 6.01. The lowest BCUT2D eigenvalue weighted by Crippen LogP contribution is -2.22. The van der Waals surface area contributed by atoms with Gasteiger partial charge in [0, 0.05) is 22.9 Å². The van der Waals surface area contributed by atoms with Crippen LogP contribution in [0.2, 0.25) is 0 Å². The molecule has 0 aliphatic heterocycles. The number of esters is 2. The fraction of sp³-hybridized carbons (Fsp3) is 0.208. The standard InChI is InChI=1S/C24H21N3O7S/c1-2-31-24(30)21-16(17-9-6-12-32-17)14-35-23(21)25-18(28)13-33-20(29)11-10-19-26-22(27-34-19)15-7-4-3-5-8-15/h3-9,12,14H,2,10-11,13H2,1H3,(H,25,28). The maximum atomic E-state index is 12.5. The number of amides is 1. The van der Waals surface area contributed by atoms with Crippen LogP contribution in [0.4, 0.5) is 5.00 Å². The van der Waals surface area contributed by atoms with Crippen molar-refractivity contribution in [2.45, 2.75) is 19.8 Å². The van der Waals surface area contributed by atoms with E-state index >= 15 is 0 Å². The molecule has 0 radical (unpaired) electrons. The van der Waals surface area contributed by atoms with E-state index in [-0.39, 0.29) is 35.9 Å². The number of carbonyl (C=O) groups is 3. The number of nitrogens with zero attached hydrogens (tertiary/aromatic N) is 2. The molecule has 0 spiro atoms. The van der Waals surface area contributed by atoms with Gasteiger partial charge < -0.3 is 23.7 Å². The highest BCUT2D eigenvalue weighted by atomic mass is 32.1.